The lowest BCUT2D eigenvalue weighted by atomic mass is 10.0. The van der Waals surface area contributed by atoms with Crippen LogP contribution in [0.3, 0.4) is 0 Å². The highest BCUT2D eigenvalue weighted by atomic mass is 19.3. The smallest absolute Gasteiger partial charge is 0.282 e. The van der Waals surface area contributed by atoms with E-state index < -0.39 is 19.0 Å². The number of carbonyl (C=O) groups excluding carboxylic acids is 1. The zero-order valence-corrected chi connectivity index (χ0v) is 17.6. The lowest BCUT2D eigenvalue weighted by Gasteiger charge is -2.40. The van der Waals surface area contributed by atoms with Crippen molar-refractivity contribution < 1.29 is 18.3 Å². The molecule has 1 saturated carbocycles. The fraction of sp³-hybridized carbons (Fsp3) is 0.545. The largest absolute Gasteiger partial charge is 0.477 e. The number of hydrogen-bond donors (Lipinski definition) is 1. The fourth-order valence-electron chi connectivity index (χ4n) is 3.52. The van der Waals surface area contributed by atoms with Gasteiger partial charge in [-0.15, -0.1) is 0 Å². The third-order valence-electron chi connectivity index (χ3n) is 5.61. The molecule has 166 valence electrons. The van der Waals surface area contributed by atoms with E-state index >= 15 is 0 Å². The van der Waals surface area contributed by atoms with E-state index in [-0.39, 0.29) is 17.5 Å². The van der Waals surface area contributed by atoms with Crippen LogP contribution in [0.5, 0.6) is 5.88 Å². The lowest BCUT2D eigenvalue weighted by molar-refractivity contribution is -0.0263. The van der Waals surface area contributed by atoms with Crippen molar-refractivity contribution in [2.45, 2.75) is 44.4 Å². The Balaban J connectivity index is 1.35. The first-order chi connectivity index (χ1) is 14.9. The van der Waals surface area contributed by atoms with Gasteiger partial charge in [0.15, 0.2) is 5.69 Å². The molecule has 31 heavy (non-hydrogen) atoms. The Labute approximate surface area is 180 Å². The molecule has 0 spiro atoms. The normalized spacial score (nSPS) is 18.2. The van der Waals surface area contributed by atoms with Crippen molar-refractivity contribution in [1.29, 1.82) is 0 Å². The molecule has 1 aliphatic heterocycles. The molecule has 0 bridgehead atoms. The van der Waals surface area contributed by atoms with Crippen molar-refractivity contribution in [2.24, 2.45) is 5.92 Å². The molecule has 1 atom stereocenters. The molecular weight excluding hydrogens is 404 g/mol. The fourth-order valence-corrected chi connectivity index (χ4v) is 3.52. The summed E-state index contributed by atoms with van der Waals surface area (Å²) in [7, 11) is 0. The monoisotopic (exact) mass is 431 g/mol. The van der Waals surface area contributed by atoms with Crippen molar-refractivity contribution in [2.75, 3.05) is 31.1 Å². The number of nitrogens with zero attached hydrogens (tertiary/aromatic N) is 4. The molecule has 2 aliphatic rings. The van der Waals surface area contributed by atoms with E-state index in [4.69, 9.17) is 4.74 Å². The first-order valence-corrected chi connectivity index (χ1v) is 10.7. The maximum atomic E-state index is 13.4. The third-order valence-corrected chi connectivity index (χ3v) is 5.61. The molecule has 1 saturated heterocycles. The van der Waals surface area contributed by atoms with E-state index in [2.05, 4.69) is 27.4 Å². The molecule has 1 aliphatic carbocycles. The predicted octanol–water partition coefficient (Wildman–Crippen LogP) is 3.43. The highest BCUT2D eigenvalue weighted by Gasteiger charge is 2.45. The second-order valence-corrected chi connectivity index (χ2v) is 8.43. The molecule has 7 nitrogen and oxygen atoms in total. The highest BCUT2D eigenvalue weighted by molar-refractivity contribution is 5.98. The van der Waals surface area contributed by atoms with Gasteiger partial charge in [0.1, 0.15) is 0 Å². The molecule has 1 N–H and O–H groups in total. The van der Waals surface area contributed by atoms with Crippen LogP contribution in [-0.2, 0) is 0 Å². The van der Waals surface area contributed by atoms with Gasteiger partial charge in [-0.3, -0.25) is 4.79 Å². The summed E-state index contributed by atoms with van der Waals surface area (Å²) < 4.78 is 32.4. The highest BCUT2D eigenvalue weighted by Crippen LogP contribution is 2.35. The average molecular weight is 431 g/mol. The van der Waals surface area contributed by atoms with E-state index in [0.717, 1.165) is 31.4 Å². The summed E-state index contributed by atoms with van der Waals surface area (Å²) in [6.07, 6.45) is 5.50. The van der Waals surface area contributed by atoms with E-state index in [1.807, 2.05) is 12.1 Å². The summed E-state index contributed by atoms with van der Waals surface area (Å²) in [4.78, 5) is 18.6. The van der Waals surface area contributed by atoms with E-state index in [1.54, 1.807) is 18.3 Å². The van der Waals surface area contributed by atoms with Gasteiger partial charge in [-0.25, -0.2) is 13.8 Å². The number of anilines is 1. The number of rotatable bonds is 10. The number of ether oxygens (including phenoxy) is 1. The second kappa shape index (κ2) is 9.11. The second-order valence-electron chi connectivity index (χ2n) is 8.43. The van der Waals surface area contributed by atoms with Crippen LogP contribution in [0.2, 0.25) is 0 Å². The van der Waals surface area contributed by atoms with Crippen LogP contribution in [0.15, 0.2) is 30.5 Å². The topological polar surface area (TPSA) is 80.2 Å². The molecule has 3 heterocycles. The number of alkyl halides is 2. The van der Waals surface area contributed by atoms with Gasteiger partial charge in [0.2, 0.25) is 5.88 Å². The summed E-state index contributed by atoms with van der Waals surface area (Å²) in [5, 5.41) is 10.9. The molecule has 9 heteroatoms. The van der Waals surface area contributed by atoms with Crippen LogP contribution in [0, 0.1) is 5.92 Å². The summed E-state index contributed by atoms with van der Waals surface area (Å²) in [6.45, 7) is 2.26. The first kappa shape index (κ1) is 21.4. The Morgan fingerprint density at radius 3 is 2.81 bits per heavy atom. The van der Waals surface area contributed by atoms with E-state index in [1.165, 1.54) is 4.90 Å². The summed E-state index contributed by atoms with van der Waals surface area (Å²) in [5.41, 5.74) is 1.46. The van der Waals surface area contributed by atoms with Crippen LogP contribution in [0.1, 0.15) is 54.7 Å². The summed E-state index contributed by atoms with van der Waals surface area (Å²) in [6, 6.07) is 7.08. The van der Waals surface area contributed by atoms with Gasteiger partial charge in [-0.1, -0.05) is 6.92 Å². The molecule has 0 aromatic carbocycles. The van der Waals surface area contributed by atoms with Crippen LogP contribution in [0.4, 0.5) is 14.5 Å². The van der Waals surface area contributed by atoms with Crippen LogP contribution in [-0.4, -0.2) is 53.3 Å². The zero-order chi connectivity index (χ0) is 21.8. The van der Waals surface area contributed by atoms with Crippen LogP contribution in [0.25, 0.3) is 0 Å². The Morgan fingerprint density at radius 2 is 2.13 bits per heavy atom. The molecule has 4 rings (SSSR count). The van der Waals surface area contributed by atoms with Crippen molar-refractivity contribution in [3.63, 3.8) is 0 Å². The number of carbonyl (C=O) groups is 1. The van der Waals surface area contributed by atoms with E-state index in [9.17, 15) is 13.6 Å². The molecule has 2 aromatic rings. The molecular formula is C22H27F2N5O2. The van der Waals surface area contributed by atoms with Crippen LogP contribution >= 0.6 is 0 Å². The number of pyridine rings is 1. The Hall–Kier alpha value is -2.84. The van der Waals surface area contributed by atoms with Gasteiger partial charge in [0, 0.05) is 24.7 Å². The van der Waals surface area contributed by atoms with E-state index in [0.29, 0.717) is 30.6 Å². The number of aromatic nitrogens is 3. The SMILES string of the molecule is C[C@H](CCCNC(=O)c1nc(OCC2CC2)ccc1N1CC(F)(F)C1)c1cccnn1. The third kappa shape index (κ3) is 5.65. The molecule has 2 fully saturated rings. The molecule has 0 radical (unpaired) electrons. The number of halogens is 2. The Morgan fingerprint density at radius 1 is 1.32 bits per heavy atom. The Bertz CT molecular complexity index is 900. The lowest BCUT2D eigenvalue weighted by Crippen LogP contribution is -2.57. The quantitative estimate of drug-likeness (QED) is 0.581. The summed E-state index contributed by atoms with van der Waals surface area (Å²) >= 11 is 0. The molecule has 0 unspecified atom stereocenters. The standard InChI is InChI=1S/C22H27F2N5O2/c1-15(17-5-3-11-26-28-17)4-2-10-25-21(30)20-18(29-13-22(23,24)14-29)8-9-19(27-20)31-12-16-6-7-16/h3,5,8-9,11,15-16H,2,4,6-7,10,12-14H2,1H3,(H,25,30)/t15-/m1/s1. The minimum Gasteiger partial charge on any atom is -0.477 e. The van der Waals surface area contributed by atoms with Gasteiger partial charge >= 0.3 is 0 Å². The predicted molar refractivity (Wildman–Crippen MR) is 112 cm³/mol. The number of amides is 1. The van der Waals surface area contributed by atoms with Crippen molar-refractivity contribution in [1.82, 2.24) is 20.5 Å². The molecule has 1 amide bonds. The van der Waals surface area contributed by atoms with Gasteiger partial charge in [0.25, 0.3) is 11.8 Å². The maximum Gasteiger partial charge on any atom is 0.282 e. The van der Waals surface area contributed by atoms with Gasteiger partial charge in [-0.05, 0) is 49.8 Å². The average Bonchev–Trinajstić information content (AvgIpc) is 3.58. The van der Waals surface area contributed by atoms with Crippen LogP contribution < -0.4 is 15.0 Å². The first-order valence-electron chi connectivity index (χ1n) is 10.7. The van der Waals surface area contributed by atoms with Gasteiger partial charge in [0.05, 0.1) is 31.1 Å². The van der Waals surface area contributed by atoms with Crippen molar-refractivity contribution in [3.8, 4) is 5.88 Å². The Kier molecular flexibility index (Phi) is 6.29. The number of nitrogens with one attached hydrogen (secondary N) is 1. The van der Waals surface area contributed by atoms with Crippen molar-refractivity contribution >= 4 is 11.6 Å². The zero-order valence-electron chi connectivity index (χ0n) is 17.6. The summed E-state index contributed by atoms with van der Waals surface area (Å²) in [5.74, 6) is -1.99. The minimum absolute atomic E-state index is 0.130. The van der Waals surface area contributed by atoms with Gasteiger partial charge in [-0.2, -0.15) is 10.2 Å². The number of hydrogen-bond acceptors (Lipinski definition) is 6. The van der Waals surface area contributed by atoms with Gasteiger partial charge < -0.3 is 15.0 Å². The van der Waals surface area contributed by atoms with Crippen molar-refractivity contribution in [3.05, 3.63) is 41.9 Å². The maximum absolute atomic E-state index is 13.4. The minimum atomic E-state index is -2.73. The molecule has 2 aromatic heterocycles.